The molecular formula is C53H96NO8P. The van der Waals surface area contributed by atoms with Crippen molar-refractivity contribution in [1.29, 1.82) is 0 Å². The van der Waals surface area contributed by atoms with Crippen LogP contribution >= 0.6 is 7.82 Å². The number of ether oxygens (including phenoxy) is 1. The van der Waals surface area contributed by atoms with Gasteiger partial charge >= 0.3 is 13.8 Å². The van der Waals surface area contributed by atoms with Gasteiger partial charge in [0.15, 0.2) is 0 Å². The molecule has 0 aromatic carbocycles. The summed E-state index contributed by atoms with van der Waals surface area (Å²) in [6.45, 7) is 3.53. The van der Waals surface area contributed by atoms with E-state index in [1.54, 1.807) is 0 Å². The smallest absolute Gasteiger partial charge is 0.463 e. The third kappa shape index (κ3) is 50.6. The Kier molecular flexibility index (Phi) is 47.4. The van der Waals surface area contributed by atoms with Crippen molar-refractivity contribution in [3.05, 3.63) is 60.8 Å². The molecule has 10 heteroatoms. The lowest BCUT2D eigenvalue weighted by molar-refractivity contribution is -0.147. The van der Waals surface area contributed by atoms with Gasteiger partial charge in [0.25, 0.3) is 0 Å². The second-order valence-electron chi connectivity index (χ2n) is 17.1. The average molecular weight is 906 g/mol. The first-order valence-electron chi connectivity index (χ1n) is 25.8. The summed E-state index contributed by atoms with van der Waals surface area (Å²) in [7, 11) is -4.43. The Morgan fingerprint density at radius 3 is 1.33 bits per heavy atom. The van der Waals surface area contributed by atoms with Crippen LogP contribution in [0.25, 0.3) is 0 Å². The number of hydrogen-bond acceptors (Lipinski definition) is 7. The Bertz CT molecular complexity index is 1220. The first-order chi connectivity index (χ1) is 30.8. The largest absolute Gasteiger partial charge is 0.472 e. The summed E-state index contributed by atoms with van der Waals surface area (Å²) >= 11 is 0. The fourth-order valence-corrected chi connectivity index (χ4v) is 7.76. The molecule has 2 unspecified atom stereocenters. The third-order valence-corrected chi connectivity index (χ3v) is 11.9. The fraction of sp³-hybridized carbons (Fsp3) is 0.774. The number of allylic oxidation sites excluding steroid dienone is 10. The predicted octanol–water partition coefficient (Wildman–Crippen LogP) is 15.2. The molecule has 0 rings (SSSR count). The predicted molar refractivity (Wildman–Crippen MR) is 266 cm³/mol. The minimum absolute atomic E-state index is 0.0780. The SMILES string of the molecule is CCCCC/C=C\C/C=C\C/C=C\C/C=C\CCCCCCCCCC(=O)OCC(O)COP(=O)(O)OCCNC(=O)CCCCCCCCCCC/C=C/CCCCCCCC. The lowest BCUT2D eigenvalue weighted by Crippen LogP contribution is -2.27. The van der Waals surface area contributed by atoms with E-state index in [2.05, 4.69) is 79.9 Å². The Hall–Kier alpha value is -2.29. The van der Waals surface area contributed by atoms with Gasteiger partial charge in [-0.3, -0.25) is 18.6 Å². The molecule has 0 aliphatic heterocycles. The maximum Gasteiger partial charge on any atom is 0.472 e. The van der Waals surface area contributed by atoms with Crippen molar-refractivity contribution in [1.82, 2.24) is 5.32 Å². The molecule has 9 nitrogen and oxygen atoms in total. The van der Waals surface area contributed by atoms with E-state index in [0.29, 0.717) is 6.42 Å². The Labute approximate surface area is 387 Å². The molecule has 2 atom stereocenters. The summed E-state index contributed by atoms with van der Waals surface area (Å²) in [4.78, 5) is 34.1. The number of phosphoric ester groups is 1. The van der Waals surface area contributed by atoms with Crippen LogP contribution in [0, 0.1) is 0 Å². The highest BCUT2D eigenvalue weighted by atomic mass is 31.2. The summed E-state index contributed by atoms with van der Waals surface area (Å²) in [6, 6.07) is 0. The number of nitrogens with one attached hydrogen (secondary N) is 1. The minimum Gasteiger partial charge on any atom is -0.463 e. The summed E-state index contributed by atoms with van der Waals surface area (Å²) in [5.41, 5.74) is 0. The molecule has 0 saturated heterocycles. The molecule has 0 spiro atoms. The molecule has 0 saturated carbocycles. The third-order valence-electron chi connectivity index (χ3n) is 10.9. The van der Waals surface area contributed by atoms with Crippen molar-refractivity contribution in [3.63, 3.8) is 0 Å². The first-order valence-corrected chi connectivity index (χ1v) is 27.3. The van der Waals surface area contributed by atoms with Gasteiger partial charge in [-0.25, -0.2) is 4.57 Å². The minimum atomic E-state index is -4.43. The summed E-state index contributed by atoms with van der Waals surface area (Å²) in [5, 5.41) is 12.8. The second-order valence-corrected chi connectivity index (χ2v) is 18.6. The monoisotopic (exact) mass is 906 g/mol. The number of phosphoric acid groups is 1. The van der Waals surface area contributed by atoms with E-state index < -0.39 is 26.5 Å². The van der Waals surface area contributed by atoms with E-state index in [9.17, 15) is 24.2 Å². The van der Waals surface area contributed by atoms with Crippen molar-refractivity contribution in [3.8, 4) is 0 Å². The second kappa shape index (κ2) is 49.2. The lowest BCUT2D eigenvalue weighted by Gasteiger charge is -2.15. The number of carbonyl (C=O) groups excluding carboxylic acids is 2. The van der Waals surface area contributed by atoms with Crippen LogP contribution in [0.2, 0.25) is 0 Å². The Morgan fingerprint density at radius 1 is 0.492 bits per heavy atom. The molecule has 0 radical (unpaired) electrons. The van der Waals surface area contributed by atoms with Crippen LogP contribution in [-0.4, -0.2) is 54.3 Å². The molecule has 0 aromatic heterocycles. The number of carbonyl (C=O) groups is 2. The molecule has 0 bridgehead atoms. The van der Waals surface area contributed by atoms with E-state index in [1.165, 1.54) is 135 Å². The van der Waals surface area contributed by atoms with E-state index >= 15 is 0 Å². The van der Waals surface area contributed by atoms with Gasteiger partial charge < -0.3 is 20.1 Å². The fourth-order valence-electron chi connectivity index (χ4n) is 7.01. The Morgan fingerprint density at radius 2 is 0.857 bits per heavy atom. The van der Waals surface area contributed by atoms with Crippen molar-refractivity contribution in [2.75, 3.05) is 26.4 Å². The lowest BCUT2D eigenvalue weighted by atomic mass is 10.1. The van der Waals surface area contributed by atoms with Gasteiger partial charge in [-0.15, -0.1) is 0 Å². The quantitative estimate of drug-likeness (QED) is 0.0238. The van der Waals surface area contributed by atoms with E-state index in [1.807, 2.05) is 0 Å². The van der Waals surface area contributed by atoms with Crippen LogP contribution in [0.4, 0.5) is 0 Å². The maximum atomic E-state index is 12.2. The standard InChI is InChI=1S/C53H96NO8P/c1-3-5-7-9-11-13-15-17-19-21-23-24-25-26-28-30-32-34-36-38-40-42-44-46-53(57)60-49-51(55)50-62-63(58,59)61-48-47-54-52(56)45-43-41-39-37-35-33-31-29-27-22-20-18-16-14-12-10-8-6-4-2/h11,13,17-20,23-24,26,28,51,55H,3-10,12,14-16,21-22,25,27,29-50H2,1-2H3,(H,54,56)(H,58,59)/b13-11-,19-17-,20-18+,24-23-,28-26-. The topological polar surface area (TPSA) is 131 Å². The molecular weight excluding hydrogens is 810 g/mol. The van der Waals surface area contributed by atoms with Gasteiger partial charge in [0.2, 0.25) is 5.91 Å². The number of aliphatic hydroxyl groups excluding tert-OH is 1. The van der Waals surface area contributed by atoms with Gasteiger partial charge in [-0.2, -0.15) is 0 Å². The van der Waals surface area contributed by atoms with E-state index in [-0.39, 0.29) is 32.1 Å². The molecule has 63 heavy (non-hydrogen) atoms. The zero-order valence-electron chi connectivity index (χ0n) is 40.5. The van der Waals surface area contributed by atoms with Crippen LogP contribution in [-0.2, 0) is 27.9 Å². The van der Waals surface area contributed by atoms with Crippen molar-refractivity contribution in [2.45, 2.75) is 238 Å². The molecule has 1 amide bonds. The molecule has 0 aromatic rings. The van der Waals surface area contributed by atoms with Gasteiger partial charge in [-0.1, -0.05) is 197 Å². The van der Waals surface area contributed by atoms with Crippen LogP contribution in [0.3, 0.4) is 0 Å². The van der Waals surface area contributed by atoms with Gasteiger partial charge in [0.05, 0.1) is 13.2 Å². The zero-order valence-corrected chi connectivity index (χ0v) is 41.4. The van der Waals surface area contributed by atoms with E-state index in [4.69, 9.17) is 13.8 Å². The molecule has 366 valence electrons. The Balaban J connectivity index is 3.59. The highest BCUT2D eigenvalue weighted by Crippen LogP contribution is 2.42. The summed E-state index contributed by atoms with van der Waals surface area (Å²) in [6.07, 6.45) is 60.1. The number of esters is 1. The number of rotatable bonds is 48. The zero-order chi connectivity index (χ0) is 46.0. The van der Waals surface area contributed by atoms with Crippen molar-refractivity contribution in [2.24, 2.45) is 0 Å². The van der Waals surface area contributed by atoms with Crippen molar-refractivity contribution < 1.29 is 37.9 Å². The van der Waals surface area contributed by atoms with Crippen LogP contribution in [0.15, 0.2) is 60.8 Å². The molecule has 0 fully saturated rings. The highest BCUT2D eigenvalue weighted by molar-refractivity contribution is 7.47. The average Bonchev–Trinajstić information content (AvgIpc) is 3.27. The molecule has 0 aliphatic carbocycles. The van der Waals surface area contributed by atoms with Gasteiger partial charge in [-0.05, 0) is 83.5 Å². The number of hydrogen-bond donors (Lipinski definition) is 3. The number of aliphatic hydroxyl groups is 1. The van der Waals surface area contributed by atoms with Crippen LogP contribution in [0.1, 0.15) is 232 Å². The highest BCUT2D eigenvalue weighted by Gasteiger charge is 2.23. The van der Waals surface area contributed by atoms with E-state index in [0.717, 1.165) is 70.6 Å². The number of amides is 1. The maximum absolute atomic E-state index is 12.2. The summed E-state index contributed by atoms with van der Waals surface area (Å²) in [5.74, 6) is -0.527. The van der Waals surface area contributed by atoms with Crippen LogP contribution < -0.4 is 5.32 Å². The van der Waals surface area contributed by atoms with Crippen molar-refractivity contribution >= 4 is 19.7 Å². The normalized spacial score (nSPS) is 13.7. The first kappa shape index (κ1) is 60.7. The molecule has 3 N–H and O–H groups in total. The van der Waals surface area contributed by atoms with Gasteiger partial charge in [0.1, 0.15) is 12.7 Å². The summed E-state index contributed by atoms with van der Waals surface area (Å²) < 4.78 is 27.0. The molecule has 0 heterocycles. The van der Waals surface area contributed by atoms with Gasteiger partial charge in [0, 0.05) is 19.4 Å². The number of unbranched alkanes of at least 4 members (excludes halogenated alkanes) is 25. The van der Waals surface area contributed by atoms with Crippen LogP contribution in [0.5, 0.6) is 0 Å². The molecule has 0 aliphatic rings.